The van der Waals surface area contributed by atoms with Crippen molar-refractivity contribution in [3.63, 3.8) is 0 Å². The second-order valence-electron chi connectivity index (χ2n) is 5.19. The first-order valence-corrected chi connectivity index (χ1v) is 7.61. The summed E-state index contributed by atoms with van der Waals surface area (Å²) in [6.45, 7) is 1.73. The molecule has 6 nitrogen and oxygen atoms in total. The number of hydrogen-bond donors (Lipinski definition) is 5. The molecule has 0 aromatic heterocycles. The molecule has 0 atom stereocenters. The second kappa shape index (κ2) is 10.4. The summed E-state index contributed by atoms with van der Waals surface area (Å²) in [5.41, 5.74) is 0.690. The number of aryl methyl sites for hydroxylation is 1. The highest BCUT2D eigenvalue weighted by molar-refractivity contribution is 5.37. The van der Waals surface area contributed by atoms with Crippen LogP contribution in [0, 0.1) is 6.92 Å². The monoisotopic (exact) mass is 358 g/mol. The zero-order valence-electron chi connectivity index (χ0n) is 14.5. The molecule has 6 heteroatoms. The molecule has 0 fully saturated rings. The van der Waals surface area contributed by atoms with E-state index in [4.69, 9.17) is 30.3 Å². The summed E-state index contributed by atoms with van der Waals surface area (Å²) in [5.74, 6) is 1.76. The average molecular weight is 358 g/mol. The molecule has 0 amide bonds. The highest BCUT2D eigenvalue weighted by Crippen LogP contribution is 2.20. The Balaban J connectivity index is 0.000000195. The molecule has 3 aromatic carbocycles. The molecule has 0 bridgehead atoms. The van der Waals surface area contributed by atoms with Gasteiger partial charge in [0.25, 0.3) is 0 Å². The third-order valence-electron chi connectivity index (χ3n) is 3.10. The Morgan fingerprint density at radius 3 is 1.31 bits per heavy atom. The van der Waals surface area contributed by atoms with Gasteiger partial charge in [0, 0.05) is 0 Å². The van der Waals surface area contributed by atoms with E-state index in [0.717, 1.165) is 5.75 Å². The number of benzene rings is 3. The fraction of sp³-hybridized carbons (Fsp3) is 0.100. The van der Waals surface area contributed by atoms with Gasteiger partial charge in [-0.25, -0.2) is 0 Å². The van der Waals surface area contributed by atoms with Gasteiger partial charge in [-0.3, -0.25) is 0 Å². The molecular formula is C20H22O6. The van der Waals surface area contributed by atoms with Crippen molar-refractivity contribution in [3.8, 4) is 34.5 Å². The molecule has 5 N–H and O–H groups in total. The van der Waals surface area contributed by atoms with Crippen LogP contribution in [0.4, 0.5) is 0 Å². The lowest BCUT2D eigenvalue weighted by molar-refractivity contribution is 0.412. The van der Waals surface area contributed by atoms with Crippen LogP contribution < -0.4 is 4.74 Å². The predicted octanol–water partition coefficient (Wildman–Crippen LogP) is 3.90. The lowest BCUT2D eigenvalue weighted by atomic mass is 10.2. The summed E-state index contributed by atoms with van der Waals surface area (Å²) in [6, 6.07) is 16.7. The van der Waals surface area contributed by atoms with E-state index in [2.05, 4.69) is 0 Å². The van der Waals surface area contributed by atoms with Crippen molar-refractivity contribution >= 4 is 0 Å². The number of methoxy groups -OCH3 is 1. The number of aromatic hydroxyl groups is 5. The average Bonchev–Trinajstić information content (AvgIpc) is 2.63. The van der Waals surface area contributed by atoms with Crippen molar-refractivity contribution in [1.82, 2.24) is 0 Å². The van der Waals surface area contributed by atoms with Gasteiger partial charge in [-0.1, -0.05) is 0 Å². The summed E-state index contributed by atoms with van der Waals surface area (Å²) in [7, 11) is 1.59. The van der Waals surface area contributed by atoms with Crippen LogP contribution in [0.1, 0.15) is 5.56 Å². The summed E-state index contributed by atoms with van der Waals surface area (Å²) < 4.78 is 4.86. The quantitative estimate of drug-likeness (QED) is 0.422. The van der Waals surface area contributed by atoms with Gasteiger partial charge in [0.15, 0.2) is 0 Å². The maximum Gasteiger partial charge on any atom is 0.119 e. The first-order chi connectivity index (χ1) is 12.3. The molecule has 0 saturated carbocycles. The first-order valence-electron chi connectivity index (χ1n) is 7.61. The van der Waals surface area contributed by atoms with E-state index in [0.29, 0.717) is 5.56 Å². The van der Waals surface area contributed by atoms with Gasteiger partial charge in [-0.15, -0.1) is 0 Å². The molecule has 26 heavy (non-hydrogen) atoms. The highest BCUT2D eigenvalue weighted by Gasteiger charge is 1.93. The van der Waals surface area contributed by atoms with E-state index in [1.165, 1.54) is 42.5 Å². The van der Waals surface area contributed by atoms with Crippen LogP contribution in [0.15, 0.2) is 66.7 Å². The smallest absolute Gasteiger partial charge is 0.119 e. The minimum Gasteiger partial charge on any atom is -0.508 e. The summed E-state index contributed by atoms with van der Waals surface area (Å²) in [6.07, 6.45) is 0. The molecule has 0 unspecified atom stereocenters. The van der Waals surface area contributed by atoms with Crippen molar-refractivity contribution in [1.29, 1.82) is 0 Å². The number of phenolic OH excluding ortho intramolecular Hbond substituents is 5. The molecule has 0 radical (unpaired) electrons. The molecule has 3 aromatic rings. The maximum absolute atomic E-state index is 8.93. The van der Waals surface area contributed by atoms with Crippen LogP contribution >= 0.6 is 0 Å². The lowest BCUT2D eigenvalue weighted by Crippen LogP contribution is -1.79. The third-order valence-corrected chi connectivity index (χ3v) is 3.10. The highest BCUT2D eigenvalue weighted by atomic mass is 16.5. The summed E-state index contributed by atoms with van der Waals surface area (Å²) >= 11 is 0. The fourth-order valence-corrected chi connectivity index (χ4v) is 1.67. The Bertz CT molecular complexity index is 761. The molecule has 0 saturated heterocycles. The fourth-order valence-electron chi connectivity index (χ4n) is 1.67. The largest absolute Gasteiger partial charge is 0.508 e. The number of rotatable bonds is 1. The topological polar surface area (TPSA) is 110 Å². The SMILES string of the molecule is COc1ccc(O)cc1.Cc1cc(O)ccc1O.Oc1ccc(O)cc1. The van der Waals surface area contributed by atoms with Crippen LogP contribution in [0.25, 0.3) is 0 Å². The van der Waals surface area contributed by atoms with Crippen LogP contribution in [0.2, 0.25) is 0 Å². The molecule has 138 valence electrons. The van der Waals surface area contributed by atoms with Crippen molar-refractivity contribution < 1.29 is 30.3 Å². The first kappa shape index (κ1) is 20.5. The summed E-state index contributed by atoms with van der Waals surface area (Å²) in [5, 5.41) is 43.8. The molecule has 0 aliphatic rings. The van der Waals surface area contributed by atoms with Gasteiger partial charge >= 0.3 is 0 Å². The lowest BCUT2D eigenvalue weighted by Gasteiger charge is -1.96. The molecular weight excluding hydrogens is 336 g/mol. The van der Waals surface area contributed by atoms with E-state index in [1.54, 1.807) is 38.3 Å². The van der Waals surface area contributed by atoms with Crippen molar-refractivity contribution in [2.45, 2.75) is 6.92 Å². The van der Waals surface area contributed by atoms with E-state index in [1.807, 2.05) is 0 Å². The van der Waals surface area contributed by atoms with Crippen molar-refractivity contribution in [2.24, 2.45) is 0 Å². The summed E-state index contributed by atoms with van der Waals surface area (Å²) in [4.78, 5) is 0. The van der Waals surface area contributed by atoms with Gasteiger partial charge in [0.1, 0.15) is 34.5 Å². The van der Waals surface area contributed by atoms with Gasteiger partial charge in [-0.05, 0) is 79.2 Å². The maximum atomic E-state index is 8.93. The van der Waals surface area contributed by atoms with Gasteiger partial charge < -0.3 is 30.3 Å². The van der Waals surface area contributed by atoms with E-state index in [9.17, 15) is 0 Å². The molecule has 0 heterocycles. The Morgan fingerprint density at radius 1 is 0.577 bits per heavy atom. The van der Waals surface area contributed by atoms with E-state index >= 15 is 0 Å². The number of phenols is 5. The third kappa shape index (κ3) is 7.83. The van der Waals surface area contributed by atoms with E-state index in [-0.39, 0.29) is 28.7 Å². The Labute approximate surface area is 151 Å². The predicted molar refractivity (Wildman–Crippen MR) is 98.9 cm³/mol. The molecule has 0 aliphatic carbocycles. The van der Waals surface area contributed by atoms with Crippen molar-refractivity contribution in [2.75, 3.05) is 7.11 Å². The normalized spacial score (nSPS) is 9.15. The number of ether oxygens (including phenoxy) is 1. The van der Waals surface area contributed by atoms with Crippen LogP contribution in [-0.4, -0.2) is 32.6 Å². The van der Waals surface area contributed by atoms with Crippen molar-refractivity contribution in [3.05, 3.63) is 72.3 Å². The zero-order chi connectivity index (χ0) is 19.5. The second-order valence-corrected chi connectivity index (χ2v) is 5.19. The van der Waals surface area contributed by atoms with Crippen LogP contribution in [0.3, 0.4) is 0 Å². The Morgan fingerprint density at radius 2 is 0.962 bits per heavy atom. The Hall–Kier alpha value is -3.54. The minimum absolute atomic E-state index is 0.169. The number of hydrogen-bond acceptors (Lipinski definition) is 6. The minimum atomic E-state index is 0.169. The standard InChI is InChI=1S/2C7H8O2.C6H6O2/c1-9-7-4-2-6(8)3-5-7;1-5-4-6(8)2-3-7(5)9;7-5-1-2-6(8)4-3-5/h2-5,8H,1H3;2-4,8-9H,1H3;1-4,7-8H. The molecule has 0 aliphatic heterocycles. The van der Waals surface area contributed by atoms with Gasteiger partial charge in [-0.2, -0.15) is 0 Å². The van der Waals surface area contributed by atoms with Gasteiger partial charge in [0.05, 0.1) is 7.11 Å². The zero-order valence-corrected chi connectivity index (χ0v) is 14.5. The van der Waals surface area contributed by atoms with Crippen LogP contribution in [0.5, 0.6) is 34.5 Å². The van der Waals surface area contributed by atoms with E-state index < -0.39 is 0 Å². The van der Waals surface area contributed by atoms with Gasteiger partial charge in [0.2, 0.25) is 0 Å². The van der Waals surface area contributed by atoms with Crippen LogP contribution in [-0.2, 0) is 0 Å². The molecule has 3 rings (SSSR count). The Kier molecular flexibility index (Phi) is 8.16. The molecule has 0 spiro atoms.